The first kappa shape index (κ1) is 15.6. The Morgan fingerprint density at radius 1 is 1.35 bits per heavy atom. The summed E-state index contributed by atoms with van der Waals surface area (Å²) >= 11 is 0. The second-order valence-corrected chi connectivity index (χ2v) is 6.96. The molecule has 2 rings (SSSR count). The maximum atomic E-state index is 12.5. The number of carbonyl (C=O) groups is 1. The van der Waals surface area contributed by atoms with Crippen molar-refractivity contribution in [1.82, 2.24) is 10.2 Å². The number of urea groups is 1. The van der Waals surface area contributed by atoms with Crippen molar-refractivity contribution in [3.8, 4) is 0 Å². The topological polar surface area (TPSA) is 58.4 Å². The molecule has 0 bridgehead atoms. The second kappa shape index (κ2) is 6.79. The Morgan fingerprint density at radius 3 is 2.60 bits per heavy atom. The van der Waals surface area contributed by atoms with Gasteiger partial charge >= 0.3 is 6.03 Å². The molecule has 4 nitrogen and oxygen atoms in total. The Bertz CT molecular complexity index is 324. The molecule has 116 valence electrons. The number of nitrogens with two attached hydrogens (primary N) is 1. The van der Waals surface area contributed by atoms with Crippen LogP contribution < -0.4 is 11.1 Å². The van der Waals surface area contributed by atoms with Gasteiger partial charge in [0.25, 0.3) is 0 Å². The van der Waals surface area contributed by atoms with Crippen LogP contribution in [-0.4, -0.2) is 36.1 Å². The standard InChI is InChI=1S/C16H31N3O/c1-3-14-6-8-16(12-17,9-7-14)18-15(20)19-10-4-5-13(2)11-19/h13-14H,3-12,17H2,1-2H3,(H,18,20). The molecule has 2 amide bonds. The molecule has 2 fully saturated rings. The van der Waals surface area contributed by atoms with Crippen LogP contribution in [0.4, 0.5) is 4.79 Å². The van der Waals surface area contributed by atoms with Crippen molar-refractivity contribution in [3.05, 3.63) is 0 Å². The normalized spacial score (nSPS) is 34.9. The van der Waals surface area contributed by atoms with E-state index in [2.05, 4.69) is 19.2 Å². The summed E-state index contributed by atoms with van der Waals surface area (Å²) in [6.45, 7) is 6.84. The minimum absolute atomic E-state index is 0.108. The fourth-order valence-electron chi connectivity index (χ4n) is 3.70. The Kier molecular flexibility index (Phi) is 5.30. The van der Waals surface area contributed by atoms with Crippen molar-refractivity contribution in [2.45, 2.75) is 64.3 Å². The third-order valence-corrected chi connectivity index (χ3v) is 5.35. The number of hydrogen-bond acceptors (Lipinski definition) is 2. The lowest BCUT2D eigenvalue weighted by atomic mass is 9.75. The first-order chi connectivity index (χ1) is 9.58. The van der Waals surface area contributed by atoms with Gasteiger partial charge in [0.05, 0.1) is 5.54 Å². The highest BCUT2D eigenvalue weighted by Gasteiger charge is 2.36. The third-order valence-electron chi connectivity index (χ3n) is 5.35. The number of hydrogen-bond donors (Lipinski definition) is 2. The summed E-state index contributed by atoms with van der Waals surface area (Å²) in [5.74, 6) is 1.45. The molecule has 1 heterocycles. The van der Waals surface area contributed by atoms with E-state index in [9.17, 15) is 4.79 Å². The van der Waals surface area contributed by atoms with E-state index in [-0.39, 0.29) is 11.6 Å². The monoisotopic (exact) mass is 281 g/mol. The number of amides is 2. The van der Waals surface area contributed by atoms with Crippen LogP contribution in [-0.2, 0) is 0 Å². The van der Waals surface area contributed by atoms with E-state index in [0.717, 1.165) is 38.3 Å². The first-order valence-electron chi connectivity index (χ1n) is 8.35. The van der Waals surface area contributed by atoms with Crippen LogP contribution in [0, 0.1) is 11.8 Å². The molecular weight excluding hydrogens is 250 g/mol. The van der Waals surface area contributed by atoms with Crippen LogP contribution in [0.2, 0.25) is 0 Å². The van der Waals surface area contributed by atoms with Crippen molar-refractivity contribution in [2.24, 2.45) is 17.6 Å². The molecule has 1 unspecified atom stereocenters. The summed E-state index contributed by atoms with van der Waals surface area (Å²) in [4.78, 5) is 14.5. The lowest BCUT2D eigenvalue weighted by Crippen LogP contribution is -2.59. The molecule has 4 heteroatoms. The summed E-state index contributed by atoms with van der Waals surface area (Å²) in [5.41, 5.74) is 5.85. The van der Waals surface area contributed by atoms with Crippen LogP contribution in [0.1, 0.15) is 58.8 Å². The van der Waals surface area contributed by atoms with Crippen molar-refractivity contribution in [3.63, 3.8) is 0 Å². The SMILES string of the molecule is CCC1CCC(CN)(NC(=O)N2CCCC(C)C2)CC1. The predicted molar refractivity (Wildman–Crippen MR) is 82.5 cm³/mol. The molecule has 20 heavy (non-hydrogen) atoms. The number of carbonyl (C=O) groups excluding carboxylic acids is 1. The van der Waals surface area contributed by atoms with Crippen molar-refractivity contribution in [2.75, 3.05) is 19.6 Å². The molecule has 1 saturated heterocycles. The van der Waals surface area contributed by atoms with Gasteiger partial charge in [-0.2, -0.15) is 0 Å². The van der Waals surface area contributed by atoms with Crippen LogP contribution >= 0.6 is 0 Å². The largest absolute Gasteiger partial charge is 0.331 e. The zero-order chi connectivity index (χ0) is 14.6. The molecule has 0 spiro atoms. The number of nitrogens with zero attached hydrogens (tertiary/aromatic N) is 1. The van der Waals surface area contributed by atoms with Gasteiger partial charge in [-0.3, -0.25) is 0 Å². The minimum atomic E-state index is -0.149. The van der Waals surface area contributed by atoms with Gasteiger partial charge in [0.2, 0.25) is 0 Å². The van der Waals surface area contributed by atoms with E-state index in [1.807, 2.05) is 4.90 Å². The average Bonchev–Trinajstić information content (AvgIpc) is 2.48. The van der Waals surface area contributed by atoms with Crippen LogP contribution in [0.15, 0.2) is 0 Å². The van der Waals surface area contributed by atoms with Gasteiger partial charge in [0, 0.05) is 19.6 Å². The molecule has 1 aliphatic carbocycles. The molecule has 1 aliphatic heterocycles. The molecule has 0 aromatic heterocycles. The highest BCUT2D eigenvalue weighted by molar-refractivity contribution is 5.75. The quantitative estimate of drug-likeness (QED) is 0.835. The molecule has 1 saturated carbocycles. The molecule has 1 atom stereocenters. The van der Waals surface area contributed by atoms with E-state index in [4.69, 9.17) is 5.73 Å². The number of likely N-dealkylation sites (tertiary alicyclic amines) is 1. The van der Waals surface area contributed by atoms with E-state index >= 15 is 0 Å². The van der Waals surface area contributed by atoms with E-state index in [1.54, 1.807) is 0 Å². The predicted octanol–water partition coefficient (Wildman–Crippen LogP) is 2.73. The third kappa shape index (κ3) is 3.66. The number of nitrogens with one attached hydrogen (secondary N) is 1. The zero-order valence-electron chi connectivity index (χ0n) is 13.2. The Balaban J connectivity index is 1.91. The van der Waals surface area contributed by atoms with Gasteiger partial charge < -0.3 is 16.0 Å². The van der Waals surface area contributed by atoms with Crippen molar-refractivity contribution in [1.29, 1.82) is 0 Å². The highest BCUT2D eigenvalue weighted by atomic mass is 16.2. The Morgan fingerprint density at radius 2 is 2.05 bits per heavy atom. The maximum absolute atomic E-state index is 12.5. The van der Waals surface area contributed by atoms with Crippen LogP contribution in [0.3, 0.4) is 0 Å². The van der Waals surface area contributed by atoms with Gasteiger partial charge in [-0.15, -0.1) is 0 Å². The van der Waals surface area contributed by atoms with Crippen LogP contribution in [0.25, 0.3) is 0 Å². The average molecular weight is 281 g/mol. The number of piperidine rings is 1. The Labute approximate surface area is 123 Å². The number of rotatable bonds is 3. The molecule has 0 radical (unpaired) electrons. The zero-order valence-corrected chi connectivity index (χ0v) is 13.2. The smallest absolute Gasteiger partial charge is 0.317 e. The minimum Gasteiger partial charge on any atom is -0.331 e. The lowest BCUT2D eigenvalue weighted by molar-refractivity contribution is 0.140. The van der Waals surface area contributed by atoms with Gasteiger partial charge in [-0.25, -0.2) is 4.79 Å². The van der Waals surface area contributed by atoms with E-state index < -0.39 is 0 Å². The first-order valence-corrected chi connectivity index (χ1v) is 8.35. The van der Waals surface area contributed by atoms with Gasteiger partial charge in [-0.05, 0) is 50.4 Å². The lowest BCUT2D eigenvalue weighted by Gasteiger charge is -2.42. The van der Waals surface area contributed by atoms with Crippen molar-refractivity contribution >= 4 is 6.03 Å². The van der Waals surface area contributed by atoms with Gasteiger partial charge in [-0.1, -0.05) is 20.3 Å². The highest BCUT2D eigenvalue weighted by Crippen LogP contribution is 2.33. The maximum Gasteiger partial charge on any atom is 0.317 e. The molecule has 0 aromatic rings. The van der Waals surface area contributed by atoms with Crippen LogP contribution in [0.5, 0.6) is 0 Å². The summed E-state index contributed by atoms with van der Waals surface area (Å²) in [6.07, 6.45) is 8.09. The van der Waals surface area contributed by atoms with E-state index in [0.29, 0.717) is 12.5 Å². The van der Waals surface area contributed by atoms with E-state index in [1.165, 1.54) is 25.7 Å². The Hall–Kier alpha value is -0.770. The van der Waals surface area contributed by atoms with Crippen molar-refractivity contribution < 1.29 is 4.79 Å². The molecular formula is C16H31N3O. The fourth-order valence-corrected chi connectivity index (χ4v) is 3.70. The molecule has 0 aromatic carbocycles. The molecule has 2 aliphatic rings. The summed E-state index contributed by atoms with van der Waals surface area (Å²) in [7, 11) is 0. The van der Waals surface area contributed by atoms with Gasteiger partial charge in [0.1, 0.15) is 0 Å². The second-order valence-electron chi connectivity index (χ2n) is 6.96. The summed E-state index contributed by atoms with van der Waals surface area (Å²) in [5, 5.41) is 3.28. The summed E-state index contributed by atoms with van der Waals surface area (Å²) < 4.78 is 0. The molecule has 3 N–H and O–H groups in total. The van der Waals surface area contributed by atoms with Gasteiger partial charge in [0.15, 0.2) is 0 Å². The fraction of sp³-hybridized carbons (Fsp3) is 0.938. The summed E-state index contributed by atoms with van der Waals surface area (Å²) in [6, 6.07) is 0.108.